The van der Waals surface area contributed by atoms with Crippen LogP contribution in [-0.4, -0.2) is 16.9 Å². The molecule has 1 aromatic rings. The Morgan fingerprint density at radius 3 is 2.80 bits per heavy atom. The third-order valence-corrected chi connectivity index (χ3v) is 3.37. The molecule has 0 heterocycles. The summed E-state index contributed by atoms with van der Waals surface area (Å²) in [6.45, 7) is 1.96. The van der Waals surface area contributed by atoms with Gasteiger partial charge in [0.2, 0.25) is 0 Å². The summed E-state index contributed by atoms with van der Waals surface area (Å²) >= 11 is 0. The molecule has 7 nitrogen and oxygen atoms in total. The normalized spacial score (nSPS) is 15.5. The smallest absolute Gasteiger partial charge is 0.293 e. The van der Waals surface area contributed by atoms with Crippen molar-refractivity contribution in [2.75, 3.05) is 5.43 Å². The number of carbonyl (C=O) groups excluding carboxylic acids is 1. The van der Waals surface area contributed by atoms with Gasteiger partial charge in [0.25, 0.3) is 11.6 Å². The van der Waals surface area contributed by atoms with E-state index in [2.05, 4.69) is 10.7 Å². The van der Waals surface area contributed by atoms with Crippen molar-refractivity contribution < 1.29 is 9.72 Å². The van der Waals surface area contributed by atoms with E-state index in [1.54, 1.807) is 0 Å². The molecule has 20 heavy (non-hydrogen) atoms. The minimum absolute atomic E-state index is 0.0967. The van der Waals surface area contributed by atoms with Crippen LogP contribution in [0.1, 0.15) is 36.5 Å². The summed E-state index contributed by atoms with van der Waals surface area (Å²) in [6, 6.07) is 4.19. The van der Waals surface area contributed by atoms with Crippen molar-refractivity contribution in [3.05, 3.63) is 33.9 Å². The van der Waals surface area contributed by atoms with Gasteiger partial charge in [-0.25, -0.2) is 0 Å². The van der Waals surface area contributed by atoms with E-state index in [0.29, 0.717) is 5.56 Å². The molecule has 7 heteroatoms. The molecule has 1 atom stereocenters. The number of hydrogen-bond acceptors (Lipinski definition) is 5. The summed E-state index contributed by atoms with van der Waals surface area (Å²) < 4.78 is 0. The molecule has 0 bridgehead atoms. The monoisotopic (exact) mass is 278 g/mol. The molecule has 108 valence electrons. The van der Waals surface area contributed by atoms with Crippen LogP contribution in [0.3, 0.4) is 0 Å². The lowest BCUT2D eigenvalue weighted by Gasteiger charge is -2.13. The van der Waals surface area contributed by atoms with Gasteiger partial charge in [0, 0.05) is 17.7 Å². The molecular formula is C13H18N4O3. The summed E-state index contributed by atoms with van der Waals surface area (Å²) in [5.41, 5.74) is 2.56. The highest BCUT2D eigenvalue weighted by atomic mass is 16.6. The molecule has 1 aliphatic rings. The molecule has 4 N–H and O–H groups in total. The topological polar surface area (TPSA) is 110 Å². The number of hydrazine groups is 1. The lowest BCUT2D eigenvalue weighted by Crippen LogP contribution is -2.33. The van der Waals surface area contributed by atoms with Crippen LogP contribution in [0.25, 0.3) is 0 Å². The molecule has 0 aromatic heterocycles. The number of rotatable bonds is 6. The molecule has 0 radical (unpaired) electrons. The molecule has 0 spiro atoms. The fourth-order valence-electron chi connectivity index (χ4n) is 2.17. The van der Waals surface area contributed by atoms with E-state index in [1.165, 1.54) is 31.0 Å². The number of nitrogens with zero attached hydrogens (tertiary/aromatic N) is 1. The Bertz CT molecular complexity index is 528. The van der Waals surface area contributed by atoms with E-state index in [4.69, 9.17) is 5.84 Å². The minimum atomic E-state index is -0.549. The van der Waals surface area contributed by atoms with Crippen molar-refractivity contribution >= 4 is 17.3 Å². The van der Waals surface area contributed by atoms with E-state index in [0.717, 1.165) is 12.3 Å². The fourth-order valence-corrected chi connectivity index (χ4v) is 2.17. The van der Waals surface area contributed by atoms with Crippen molar-refractivity contribution in [3.63, 3.8) is 0 Å². The number of anilines is 1. The van der Waals surface area contributed by atoms with Gasteiger partial charge in [-0.2, -0.15) is 0 Å². The standard InChI is InChI=1S/C13H18N4O3/c1-8(6-9-2-3-9)15-13(18)10-4-5-12(17(19)20)11(7-10)16-14/h4-5,7-9,16H,2-3,6,14H2,1H3,(H,15,18). The first-order chi connectivity index (χ1) is 9.51. The largest absolute Gasteiger partial charge is 0.350 e. The maximum absolute atomic E-state index is 12.1. The first-order valence-electron chi connectivity index (χ1n) is 6.57. The maximum atomic E-state index is 12.1. The summed E-state index contributed by atoms with van der Waals surface area (Å²) in [7, 11) is 0. The van der Waals surface area contributed by atoms with E-state index in [9.17, 15) is 14.9 Å². The summed E-state index contributed by atoms with van der Waals surface area (Å²) in [5.74, 6) is 5.73. The Balaban J connectivity index is 2.07. The van der Waals surface area contributed by atoms with Crippen LogP contribution in [0.4, 0.5) is 11.4 Å². The highest BCUT2D eigenvalue weighted by molar-refractivity contribution is 5.96. The van der Waals surface area contributed by atoms with Gasteiger partial charge >= 0.3 is 0 Å². The highest BCUT2D eigenvalue weighted by Crippen LogP contribution is 2.33. The number of nitro groups is 1. The van der Waals surface area contributed by atoms with Gasteiger partial charge in [-0.15, -0.1) is 0 Å². The number of amides is 1. The average Bonchev–Trinajstić information content (AvgIpc) is 3.21. The molecule has 1 aliphatic carbocycles. The SMILES string of the molecule is CC(CC1CC1)NC(=O)c1ccc([N+](=O)[O-])c(NN)c1. The number of carbonyl (C=O) groups is 1. The van der Waals surface area contributed by atoms with E-state index >= 15 is 0 Å². The lowest BCUT2D eigenvalue weighted by molar-refractivity contribution is -0.384. The second-order valence-electron chi connectivity index (χ2n) is 5.19. The van der Waals surface area contributed by atoms with Gasteiger partial charge in [-0.3, -0.25) is 20.8 Å². The first kappa shape index (κ1) is 14.3. The molecule has 0 saturated heterocycles. The minimum Gasteiger partial charge on any atom is -0.350 e. The molecule has 1 unspecified atom stereocenters. The predicted octanol–water partition coefficient (Wildman–Crippen LogP) is 1.80. The van der Waals surface area contributed by atoms with E-state index in [-0.39, 0.29) is 23.3 Å². The van der Waals surface area contributed by atoms with Crippen LogP contribution < -0.4 is 16.6 Å². The Labute approximate surface area is 116 Å². The molecule has 1 saturated carbocycles. The Morgan fingerprint density at radius 1 is 1.55 bits per heavy atom. The van der Waals surface area contributed by atoms with Crippen LogP contribution in [0.15, 0.2) is 18.2 Å². The predicted molar refractivity (Wildman–Crippen MR) is 75.2 cm³/mol. The van der Waals surface area contributed by atoms with Crippen molar-refractivity contribution in [3.8, 4) is 0 Å². The molecule has 1 aromatic carbocycles. The Kier molecular flexibility index (Phi) is 4.19. The van der Waals surface area contributed by atoms with Crippen molar-refractivity contribution in [1.82, 2.24) is 5.32 Å². The second-order valence-corrected chi connectivity index (χ2v) is 5.19. The van der Waals surface area contributed by atoms with Crippen molar-refractivity contribution in [1.29, 1.82) is 0 Å². The van der Waals surface area contributed by atoms with Crippen LogP contribution in [0.5, 0.6) is 0 Å². The molecule has 2 rings (SSSR count). The van der Waals surface area contributed by atoms with Crippen LogP contribution >= 0.6 is 0 Å². The molecule has 1 fully saturated rings. The van der Waals surface area contributed by atoms with Gasteiger partial charge in [-0.1, -0.05) is 12.8 Å². The number of benzene rings is 1. The number of hydrogen-bond donors (Lipinski definition) is 3. The quantitative estimate of drug-likeness (QED) is 0.417. The van der Waals surface area contributed by atoms with Gasteiger partial charge in [-0.05, 0) is 31.4 Å². The zero-order valence-corrected chi connectivity index (χ0v) is 11.3. The second kappa shape index (κ2) is 5.87. The summed E-state index contributed by atoms with van der Waals surface area (Å²) in [5, 5.41) is 13.7. The average molecular weight is 278 g/mol. The van der Waals surface area contributed by atoms with Gasteiger partial charge in [0.05, 0.1) is 4.92 Å². The third-order valence-electron chi connectivity index (χ3n) is 3.37. The maximum Gasteiger partial charge on any atom is 0.293 e. The van der Waals surface area contributed by atoms with Crippen LogP contribution in [-0.2, 0) is 0 Å². The van der Waals surface area contributed by atoms with Gasteiger partial charge in [0.1, 0.15) is 5.69 Å². The fraction of sp³-hybridized carbons (Fsp3) is 0.462. The van der Waals surface area contributed by atoms with Gasteiger partial charge < -0.3 is 10.7 Å². The Morgan fingerprint density at radius 2 is 2.25 bits per heavy atom. The van der Waals surface area contributed by atoms with E-state index < -0.39 is 4.92 Å². The number of nitrogens with one attached hydrogen (secondary N) is 2. The number of nitrogens with two attached hydrogens (primary N) is 1. The first-order valence-corrected chi connectivity index (χ1v) is 6.57. The molecule has 0 aliphatic heterocycles. The lowest BCUT2D eigenvalue weighted by atomic mass is 10.1. The third kappa shape index (κ3) is 3.45. The van der Waals surface area contributed by atoms with Crippen molar-refractivity contribution in [2.24, 2.45) is 11.8 Å². The van der Waals surface area contributed by atoms with Crippen LogP contribution in [0.2, 0.25) is 0 Å². The van der Waals surface area contributed by atoms with Crippen molar-refractivity contribution in [2.45, 2.75) is 32.2 Å². The molecular weight excluding hydrogens is 260 g/mol. The molecule has 1 amide bonds. The zero-order valence-electron chi connectivity index (χ0n) is 11.3. The highest BCUT2D eigenvalue weighted by Gasteiger charge is 2.24. The van der Waals surface area contributed by atoms with Gasteiger partial charge in [0.15, 0.2) is 0 Å². The zero-order chi connectivity index (χ0) is 14.7. The summed E-state index contributed by atoms with van der Waals surface area (Å²) in [4.78, 5) is 22.3. The van der Waals surface area contributed by atoms with Crippen LogP contribution in [0, 0.1) is 16.0 Å². The van der Waals surface area contributed by atoms with E-state index in [1.807, 2.05) is 6.92 Å². The number of nitro benzene ring substituents is 1. The summed E-state index contributed by atoms with van der Waals surface area (Å²) in [6.07, 6.45) is 3.44. The Hall–Kier alpha value is -2.15. The number of nitrogen functional groups attached to an aromatic ring is 1.